The van der Waals surface area contributed by atoms with Gasteiger partial charge in [-0.25, -0.2) is 0 Å². The molecule has 2 aromatic rings. The minimum absolute atomic E-state index is 0.0762. The molecule has 1 saturated heterocycles. The summed E-state index contributed by atoms with van der Waals surface area (Å²) < 4.78 is 51.6. The number of benzene rings is 2. The first-order valence-electron chi connectivity index (χ1n) is 13.7. The number of methoxy groups -OCH3 is 1. The smallest absolute Gasteiger partial charge is 0.418 e. The molecule has 0 radical (unpaired) electrons. The highest BCUT2D eigenvalue weighted by Crippen LogP contribution is 2.37. The van der Waals surface area contributed by atoms with E-state index in [1.807, 2.05) is 18.2 Å². The summed E-state index contributed by atoms with van der Waals surface area (Å²) in [7, 11) is 1.59. The van der Waals surface area contributed by atoms with Crippen molar-refractivity contribution in [1.82, 2.24) is 4.90 Å². The number of rotatable bonds is 11. The first-order chi connectivity index (χ1) is 19.7. The van der Waals surface area contributed by atoms with E-state index in [2.05, 4.69) is 5.32 Å². The molecule has 1 N–H and O–H groups in total. The van der Waals surface area contributed by atoms with Crippen molar-refractivity contribution in [3.8, 4) is 11.5 Å². The number of hydrogen-bond donors (Lipinski definition) is 1. The lowest BCUT2D eigenvalue weighted by Gasteiger charge is -2.24. The van der Waals surface area contributed by atoms with E-state index >= 15 is 0 Å². The van der Waals surface area contributed by atoms with E-state index in [1.165, 1.54) is 49.2 Å². The fourth-order valence-corrected chi connectivity index (χ4v) is 6.17. The van der Waals surface area contributed by atoms with E-state index in [9.17, 15) is 22.8 Å². The fraction of sp³-hybridized carbons (Fsp3) is 0.433. The molecule has 220 valence electrons. The van der Waals surface area contributed by atoms with Gasteiger partial charge in [0.25, 0.3) is 5.91 Å². The predicted molar refractivity (Wildman–Crippen MR) is 159 cm³/mol. The van der Waals surface area contributed by atoms with Gasteiger partial charge in [-0.1, -0.05) is 55.0 Å². The van der Waals surface area contributed by atoms with Crippen molar-refractivity contribution < 1.29 is 32.2 Å². The number of thiocarbonyl (C=S) groups is 1. The Morgan fingerprint density at radius 1 is 1.10 bits per heavy atom. The second kappa shape index (κ2) is 14.2. The molecule has 0 aromatic heterocycles. The lowest BCUT2D eigenvalue weighted by atomic mass is 9.98. The Kier molecular flexibility index (Phi) is 10.7. The third-order valence-corrected chi connectivity index (χ3v) is 8.37. The number of anilines is 1. The standard InChI is InChI=1S/C30H33F3N2O4S2/c1-38-25-18-20(15-16-24(25)39-21-10-4-2-5-11-21)19-26-28(37)35(29(40)41-26)17-9-3-6-14-27(36)34-23-13-8-7-12-22(23)30(31,32)33/h7-8,12-13,15-16,18-19,21H,2-6,9-11,14,17H2,1H3,(H,34,36)/b26-19-. The first kappa shape index (κ1) is 30.9. The number of carbonyl (C=O) groups is 2. The van der Waals surface area contributed by atoms with Gasteiger partial charge in [0.2, 0.25) is 5.91 Å². The molecule has 0 atom stereocenters. The molecule has 0 unspecified atom stereocenters. The van der Waals surface area contributed by atoms with Crippen molar-refractivity contribution in [1.29, 1.82) is 0 Å². The second-order valence-electron chi connectivity index (χ2n) is 10.0. The Bertz CT molecular complexity index is 1290. The van der Waals surface area contributed by atoms with Crippen LogP contribution in [-0.2, 0) is 15.8 Å². The number of halogens is 3. The molecule has 2 fully saturated rings. The quantitative estimate of drug-likeness (QED) is 0.160. The van der Waals surface area contributed by atoms with Gasteiger partial charge in [-0.2, -0.15) is 13.2 Å². The summed E-state index contributed by atoms with van der Waals surface area (Å²) in [4.78, 5) is 27.3. The normalized spacial score (nSPS) is 17.3. The number of nitrogens with one attached hydrogen (secondary N) is 1. The Morgan fingerprint density at radius 3 is 2.59 bits per heavy atom. The fourth-order valence-electron chi connectivity index (χ4n) is 4.86. The summed E-state index contributed by atoms with van der Waals surface area (Å²) in [6.07, 6.45) is 4.86. The number of unbranched alkanes of at least 4 members (excludes halogenated alkanes) is 2. The number of nitrogens with zero attached hydrogens (tertiary/aromatic N) is 1. The van der Waals surface area contributed by atoms with Crippen LogP contribution in [0, 0.1) is 0 Å². The molecule has 0 bridgehead atoms. The molecule has 2 aliphatic rings. The summed E-state index contributed by atoms with van der Waals surface area (Å²) in [5, 5.41) is 2.35. The molecular formula is C30H33F3N2O4S2. The minimum Gasteiger partial charge on any atom is -0.493 e. The number of amides is 2. The molecule has 0 spiro atoms. The third kappa shape index (κ3) is 8.48. The summed E-state index contributed by atoms with van der Waals surface area (Å²) in [6.45, 7) is 0.401. The molecule has 1 aliphatic heterocycles. The molecule has 4 rings (SSSR count). The van der Waals surface area contributed by atoms with E-state index in [1.54, 1.807) is 18.1 Å². The van der Waals surface area contributed by atoms with Crippen LogP contribution in [0.15, 0.2) is 47.4 Å². The maximum absolute atomic E-state index is 13.1. The van der Waals surface area contributed by atoms with Gasteiger partial charge >= 0.3 is 6.18 Å². The molecule has 2 aromatic carbocycles. The van der Waals surface area contributed by atoms with Gasteiger partial charge in [-0.15, -0.1) is 0 Å². The summed E-state index contributed by atoms with van der Waals surface area (Å²) in [5.41, 5.74) is -0.326. The van der Waals surface area contributed by atoms with E-state index in [0.717, 1.165) is 24.5 Å². The van der Waals surface area contributed by atoms with Gasteiger partial charge in [0.15, 0.2) is 11.5 Å². The summed E-state index contributed by atoms with van der Waals surface area (Å²) in [5.74, 6) is 0.650. The van der Waals surface area contributed by atoms with E-state index in [-0.39, 0.29) is 24.1 Å². The van der Waals surface area contributed by atoms with Gasteiger partial charge in [-0.3, -0.25) is 14.5 Å². The molecular weight excluding hydrogens is 573 g/mol. The molecule has 1 saturated carbocycles. The van der Waals surface area contributed by atoms with Crippen molar-refractivity contribution in [2.45, 2.75) is 70.1 Å². The highest BCUT2D eigenvalue weighted by Gasteiger charge is 2.34. The summed E-state index contributed by atoms with van der Waals surface area (Å²) >= 11 is 6.67. The highest BCUT2D eigenvalue weighted by molar-refractivity contribution is 8.26. The Hall–Kier alpha value is -3.05. The van der Waals surface area contributed by atoms with E-state index in [4.69, 9.17) is 21.7 Å². The third-order valence-electron chi connectivity index (χ3n) is 7.00. The van der Waals surface area contributed by atoms with Crippen LogP contribution in [-0.4, -0.2) is 40.8 Å². The number of carbonyl (C=O) groups excluding carboxylic acids is 2. The van der Waals surface area contributed by atoms with Crippen LogP contribution in [0.1, 0.15) is 68.9 Å². The molecule has 6 nitrogen and oxygen atoms in total. The summed E-state index contributed by atoms with van der Waals surface area (Å²) in [6, 6.07) is 10.5. The number of ether oxygens (including phenoxy) is 2. The zero-order valence-corrected chi connectivity index (χ0v) is 24.4. The van der Waals surface area contributed by atoms with Crippen molar-refractivity contribution in [3.05, 3.63) is 58.5 Å². The van der Waals surface area contributed by atoms with Crippen LogP contribution in [0.2, 0.25) is 0 Å². The van der Waals surface area contributed by atoms with Gasteiger partial charge in [0.1, 0.15) is 4.32 Å². The zero-order valence-electron chi connectivity index (χ0n) is 22.8. The number of para-hydroxylation sites is 1. The second-order valence-corrected chi connectivity index (χ2v) is 11.7. The van der Waals surface area contributed by atoms with Gasteiger partial charge < -0.3 is 14.8 Å². The lowest BCUT2D eigenvalue weighted by molar-refractivity contribution is -0.137. The Morgan fingerprint density at radius 2 is 1.85 bits per heavy atom. The van der Waals surface area contributed by atoms with E-state index < -0.39 is 17.6 Å². The largest absolute Gasteiger partial charge is 0.493 e. The molecule has 1 heterocycles. The lowest BCUT2D eigenvalue weighted by Crippen LogP contribution is -2.29. The van der Waals surface area contributed by atoms with Crippen LogP contribution in [0.3, 0.4) is 0 Å². The minimum atomic E-state index is -4.55. The van der Waals surface area contributed by atoms with Gasteiger partial charge in [0, 0.05) is 13.0 Å². The van der Waals surface area contributed by atoms with Crippen LogP contribution >= 0.6 is 24.0 Å². The molecule has 1 aliphatic carbocycles. The van der Waals surface area contributed by atoms with E-state index in [0.29, 0.717) is 46.5 Å². The molecule has 41 heavy (non-hydrogen) atoms. The number of hydrogen-bond acceptors (Lipinski definition) is 6. The molecule has 11 heteroatoms. The Balaban J connectivity index is 1.25. The maximum Gasteiger partial charge on any atom is 0.418 e. The average molecular weight is 607 g/mol. The van der Waals surface area contributed by atoms with Crippen LogP contribution in [0.25, 0.3) is 6.08 Å². The molecule has 2 amide bonds. The number of alkyl halides is 3. The first-order valence-corrected chi connectivity index (χ1v) is 14.9. The van der Waals surface area contributed by atoms with Crippen LogP contribution in [0.5, 0.6) is 11.5 Å². The maximum atomic E-state index is 13.1. The topological polar surface area (TPSA) is 67.9 Å². The predicted octanol–water partition coefficient (Wildman–Crippen LogP) is 7.83. The van der Waals surface area contributed by atoms with Crippen molar-refractivity contribution in [2.24, 2.45) is 0 Å². The van der Waals surface area contributed by atoms with Crippen LogP contribution in [0.4, 0.5) is 18.9 Å². The highest BCUT2D eigenvalue weighted by atomic mass is 32.2. The SMILES string of the molecule is COc1cc(/C=C2\SC(=S)N(CCCCCC(=O)Nc3ccccc3C(F)(F)F)C2=O)ccc1OC1CCCCC1. The monoisotopic (exact) mass is 606 g/mol. The van der Waals surface area contributed by atoms with Crippen LogP contribution < -0.4 is 14.8 Å². The average Bonchev–Trinajstić information content (AvgIpc) is 3.21. The number of thioether (sulfide) groups is 1. The van der Waals surface area contributed by atoms with Gasteiger partial charge in [0.05, 0.1) is 29.4 Å². The zero-order chi connectivity index (χ0) is 29.4. The van der Waals surface area contributed by atoms with Crippen molar-refractivity contribution >= 4 is 51.9 Å². The van der Waals surface area contributed by atoms with Gasteiger partial charge in [-0.05, 0) is 74.4 Å². The Labute approximate surface area is 247 Å². The van der Waals surface area contributed by atoms with Crippen molar-refractivity contribution in [2.75, 3.05) is 19.0 Å². The van der Waals surface area contributed by atoms with Crippen molar-refractivity contribution in [3.63, 3.8) is 0 Å².